The average molecular weight is 445 g/mol. The second kappa shape index (κ2) is 10.6. The molecule has 3 aromatic rings. The Labute approximate surface area is 181 Å². The Morgan fingerprint density at radius 3 is 2.70 bits per heavy atom. The highest BCUT2D eigenvalue weighted by Crippen LogP contribution is 2.16. The maximum absolute atomic E-state index is 12.1. The van der Waals surface area contributed by atoms with Crippen molar-refractivity contribution in [3.63, 3.8) is 0 Å². The van der Waals surface area contributed by atoms with Gasteiger partial charge in [-0.25, -0.2) is 4.98 Å². The Morgan fingerprint density at radius 1 is 1.20 bits per heavy atom. The van der Waals surface area contributed by atoms with Crippen molar-refractivity contribution in [1.82, 2.24) is 15.3 Å². The second-order valence-corrected chi connectivity index (χ2v) is 8.14. The molecule has 3 rings (SSSR count). The standard InChI is InChI=1S/C20H20N4O4S2/c1-28-15-6-4-13(5-7-15)22-19(27)12-30-20-23-14(10-18(26)24-20)9-17(25)21-11-16-3-2-8-29-16/h2-8,10H,9,11-12H2,1H3,(H,21,25)(H,22,27)(H,23,24,26). The summed E-state index contributed by atoms with van der Waals surface area (Å²) in [5, 5.41) is 7.78. The van der Waals surface area contributed by atoms with Gasteiger partial charge in [0, 0.05) is 16.6 Å². The minimum atomic E-state index is -0.371. The molecule has 0 aliphatic rings. The molecule has 0 bridgehead atoms. The van der Waals surface area contributed by atoms with Crippen molar-refractivity contribution in [1.29, 1.82) is 0 Å². The van der Waals surface area contributed by atoms with E-state index >= 15 is 0 Å². The van der Waals surface area contributed by atoms with Crippen molar-refractivity contribution in [2.75, 3.05) is 18.2 Å². The molecular formula is C20H20N4O4S2. The number of aromatic amines is 1. The smallest absolute Gasteiger partial charge is 0.251 e. The lowest BCUT2D eigenvalue weighted by molar-refractivity contribution is -0.120. The zero-order valence-electron chi connectivity index (χ0n) is 16.1. The summed E-state index contributed by atoms with van der Waals surface area (Å²) in [5.41, 5.74) is 0.614. The van der Waals surface area contributed by atoms with E-state index in [0.717, 1.165) is 16.6 Å². The molecule has 0 unspecified atom stereocenters. The van der Waals surface area contributed by atoms with E-state index in [-0.39, 0.29) is 34.7 Å². The second-order valence-electron chi connectivity index (χ2n) is 6.14. The van der Waals surface area contributed by atoms with Crippen LogP contribution >= 0.6 is 23.1 Å². The summed E-state index contributed by atoms with van der Waals surface area (Å²) >= 11 is 2.64. The van der Waals surface area contributed by atoms with E-state index in [1.54, 1.807) is 42.7 Å². The van der Waals surface area contributed by atoms with Gasteiger partial charge in [-0.05, 0) is 35.7 Å². The number of nitrogens with one attached hydrogen (secondary N) is 3. The summed E-state index contributed by atoms with van der Waals surface area (Å²) in [7, 11) is 1.57. The number of hydrogen-bond acceptors (Lipinski definition) is 7. The van der Waals surface area contributed by atoms with Gasteiger partial charge in [0.15, 0.2) is 5.16 Å². The average Bonchev–Trinajstić information content (AvgIpc) is 3.25. The van der Waals surface area contributed by atoms with Crippen LogP contribution in [-0.2, 0) is 22.6 Å². The van der Waals surface area contributed by atoms with Gasteiger partial charge in [-0.15, -0.1) is 11.3 Å². The summed E-state index contributed by atoms with van der Waals surface area (Å²) in [6.07, 6.45) is -0.0130. The summed E-state index contributed by atoms with van der Waals surface area (Å²) in [5.74, 6) is 0.283. The largest absolute Gasteiger partial charge is 0.497 e. The maximum Gasteiger partial charge on any atom is 0.251 e. The SMILES string of the molecule is COc1ccc(NC(=O)CSc2nc(CC(=O)NCc3cccs3)cc(=O)[nH]2)cc1. The number of ether oxygens (including phenoxy) is 1. The quantitative estimate of drug-likeness (QED) is 0.345. The molecule has 0 spiro atoms. The van der Waals surface area contributed by atoms with E-state index in [0.29, 0.717) is 23.7 Å². The third kappa shape index (κ3) is 6.75. The van der Waals surface area contributed by atoms with Crippen LogP contribution in [0.2, 0.25) is 0 Å². The predicted octanol–water partition coefficient (Wildman–Crippen LogP) is 2.43. The third-order valence-electron chi connectivity index (χ3n) is 3.87. The molecule has 2 amide bonds. The van der Waals surface area contributed by atoms with Gasteiger partial charge in [0.2, 0.25) is 11.8 Å². The molecule has 0 saturated carbocycles. The van der Waals surface area contributed by atoms with E-state index in [4.69, 9.17) is 4.74 Å². The highest BCUT2D eigenvalue weighted by atomic mass is 32.2. The zero-order valence-corrected chi connectivity index (χ0v) is 17.8. The molecule has 30 heavy (non-hydrogen) atoms. The van der Waals surface area contributed by atoms with Gasteiger partial charge in [0.05, 0.1) is 31.5 Å². The van der Waals surface area contributed by atoms with E-state index < -0.39 is 0 Å². The molecule has 0 atom stereocenters. The van der Waals surface area contributed by atoms with Crippen LogP contribution < -0.4 is 20.9 Å². The van der Waals surface area contributed by atoms with Crippen molar-refractivity contribution in [2.45, 2.75) is 18.1 Å². The fraction of sp³-hybridized carbons (Fsp3) is 0.200. The van der Waals surface area contributed by atoms with Crippen LogP contribution in [-0.4, -0.2) is 34.6 Å². The fourth-order valence-corrected chi connectivity index (χ4v) is 3.81. The molecule has 8 nitrogen and oxygen atoms in total. The first-order valence-corrected chi connectivity index (χ1v) is 10.8. The molecule has 3 N–H and O–H groups in total. The van der Waals surface area contributed by atoms with E-state index in [1.807, 2.05) is 17.5 Å². The molecule has 2 heterocycles. The maximum atomic E-state index is 12.1. The van der Waals surface area contributed by atoms with Crippen LogP contribution in [0.25, 0.3) is 0 Å². The zero-order chi connectivity index (χ0) is 21.3. The van der Waals surface area contributed by atoms with Crippen molar-refractivity contribution < 1.29 is 14.3 Å². The first-order valence-electron chi connectivity index (χ1n) is 8.98. The van der Waals surface area contributed by atoms with Crippen molar-refractivity contribution in [3.05, 3.63) is 68.8 Å². The lowest BCUT2D eigenvalue weighted by Gasteiger charge is -2.07. The van der Waals surface area contributed by atoms with Crippen molar-refractivity contribution in [2.24, 2.45) is 0 Å². The Hall–Kier alpha value is -3.11. The van der Waals surface area contributed by atoms with E-state index in [1.165, 1.54) is 6.07 Å². The van der Waals surface area contributed by atoms with Crippen LogP contribution in [0.15, 0.2) is 57.8 Å². The number of nitrogens with zero attached hydrogens (tertiary/aromatic N) is 1. The van der Waals surface area contributed by atoms with Crippen molar-refractivity contribution >= 4 is 40.6 Å². The summed E-state index contributed by atoms with van der Waals surface area (Å²) in [6.45, 7) is 0.437. The fourth-order valence-electron chi connectivity index (χ4n) is 2.47. The number of H-pyrrole nitrogens is 1. The topological polar surface area (TPSA) is 113 Å². The summed E-state index contributed by atoms with van der Waals surface area (Å²) in [6, 6.07) is 12.1. The van der Waals surface area contributed by atoms with Crippen LogP contribution in [0.5, 0.6) is 5.75 Å². The monoisotopic (exact) mass is 444 g/mol. The minimum Gasteiger partial charge on any atom is -0.497 e. The van der Waals surface area contributed by atoms with Crippen LogP contribution in [0.3, 0.4) is 0 Å². The number of thioether (sulfide) groups is 1. The molecule has 0 aliphatic heterocycles. The van der Waals surface area contributed by atoms with Gasteiger partial charge >= 0.3 is 0 Å². The number of aromatic nitrogens is 2. The Kier molecular flexibility index (Phi) is 7.63. The van der Waals surface area contributed by atoms with Gasteiger partial charge < -0.3 is 20.4 Å². The molecule has 0 saturated heterocycles. The van der Waals surface area contributed by atoms with Gasteiger partial charge in [-0.3, -0.25) is 14.4 Å². The lowest BCUT2D eigenvalue weighted by atomic mass is 10.3. The molecule has 1 aromatic carbocycles. The van der Waals surface area contributed by atoms with E-state index in [9.17, 15) is 14.4 Å². The normalized spacial score (nSPS) is 10.4. The number of benzene rings is 1. The van der Waals surface area contributed by atoms with Crippen LogP contribution in [0, 0.1) is 0 Å². The Morgan fingerprint density at radius 2 is 2.00 bits per heavy atom. The molecule has 0 aliphatic carbocycles. The van der Waals surface area contributed by atoms with Gasteiger partial charge in [0.25, 0.3) is 5.56 Å². The Bertz CT molecular complexity index is 1050. The number of thiophene rings is 1. The molecule has 10 heteroatoms. The highest BCUT2D eigenvalue weighted by molar-refractivity contribution is 7.99. The number of rotatable bonds is 9. The molecule has 156 valence electrons. The van der Waals surface area contributed by atoms with E-state index in [2.05, 4.69) is 20.6 Å². The molecule has 0 fully saturated rings. The molecule has 0 radical (unpaired) electrons. The number of anilines is 1. The van der Waals surface area contributed by atoms with Gasteiger partial charge in [0.1, 0.15) is 5.75 Å². The number of amides is 2. The van der Waals surface area contributed by atoms with Crippen LogP contribution in [0.1, 0.15) is 10.6 Å². The first kappa shape index (κ1) is 21.6. The summed E-state index contributed by atoms with van der Waals surface area (Å²) < 4.78 is 5.08. The minimum absolute atomic E-state index is 0.0130. The molecule has 2 aromatic heterocycles. The predicted molar refractivity (Wildman–Crippen MR) is 117 cm³/mol. The first-order chi connectivity index (χ1) is 14.5. The number of carbonyl (C=O) groups is 2. The number of methoxy groups -OCH3 is 1. The van der Waals surface area contributed by atoms with Crippen LogP contribution in [0.4, 0.5) is 5.69 Å². The molecular weight excluding hydrogens is 424 g/mol. The van der Waals surface area contributed by atoms with Gasteiger partial charge in [-0.2, -0.15) is 0 Å². The Balaban J connectivity index is 1.51. The van der Waals surface area contributed by atoms with Gasteiger partial charge in [-0.1, -0.05) is 17.8 Å². The highest BCUT2D eigenvalue weighted by Gasteiger charge is 2.10. The van der Waals surface area contributed by atoms with Crippen molar-refractivity contribution in [3.8, 4) is 5.75 Å². The lowest BCUT2D eigenvalue weighted by Crippen LogP contribution is -2.25. The number of hydrogen-bond donors (Lipinski definition) is 3. The third-order valence-corrected chi connectivity index (χ3v) is 5.62. The summed E-state index contributed by atoms with van der Waals surface area (Å²) in [4.78, 5) is 44.0. The number of carbonyl (C=O) groups excluding carboxylic acids is 2.